The van der Waals surface area contributed by atoms with Gasteiger partial charge in [-0.25, -0.2) is 4.57 Å². The molecule has 1 aliphatic rings. The van der Waals surface area contributed by atoms with Crippen molar-refractivity contribution in [2.45, 2.75) is 0 Å². The van der Waals surface area contributed by atoms with Crippen molar-refractivity contribution in [1.29, 1.82) is 0 Å². The fraction of sp³-hybridized carbons (Fsp3) is 0. The Morgan fingerprint density at radius 2 is 1.19 bits per heavy atom. The SMILES string of the molecule is [CH2-][n+]1cccc2c3ccc4c(c3n(-c3cccc(Oc5cccc(-c6ccccn6)c5)c3)c21)N(c1ccccc1)c1ccccc1[Si]4(c1ccccc1)c1ccccc1. The number of hydrogen-bond donors (Lipinski definition) is 0. The summed E-state index contributed by atoms with van der Waals surface area (Å²) in [5.41, 5.74) is 8.41. The Hall–Kier alpha value is -7.67. The molecule has 10 aromatic rings. The van der Waals surface area contributed by atoms with Gasteiger partial charge >= 0.3 is 0 Å². The van der Waals surface area contributed by atoms with Crippen molar-refractivity contribution in [3.8, 4) is 28.4 Å². The zero-order valence-electron chi connectivity index (χ0n) is 32.2. The van der Waals surface area contributed by atoms with E-state index in [2.05, 4.69) is 185 Å². The van der Waals surface area contributed by atoms with Gasteiger partial charge in [0.2, 0.25) is 0 Å². The van der Waals surface area contributed by atoms with E-state index in [1.54, 1.807) is 0 Å². The lowest BCUT2D eigenvalue weighted by Gasteiger charge is -2.45. The van der Waals surface area contributed by atoms with Crippen LogP contribution in [0.1, 0.15) is 0 Å². The van der Waals surface area contributed by atoms with Crippen molar-refractivity contribution in [2.75, 3.05) is 4.90 Å². The van der Waals surface area contributed by atoms with Gasteiger partial charge in [-0.15, -0.1) is 0 Å². The molecule has 0 fully saturated rings. The van der Waals surface area contributed by atoms with Crippen LogP contribution in [-0.2, 0) is 0 Å². The maximum absolute atomic E-state index is 6.66. The van der Waals surface area contributed by atoms with Gasteiger partial charge in [-0.1, -0.05) is 146 Å². The molecule has 0 bridgehead atoms. The number of pyridine rings is 2. The van der Waals surface area contributed by atoms with Gasteiger partial charge in [-0.05, 0) is 88.6 Å². The van der Waals surface area contributed by atoms with E-state index < -0.39 is 8.07 Å². The smallest absolute Gasteiger partial charge is 0.192 e. The van der Waals surface area contributed by atoms with Crippen LogP contribution in [0.5, 0.6) is 11.5 Å². The first-order valence-corrected chi connectivity index (χ1v) is 21.9. The van der Waals surface area contributed by atoms with Crippen LogP contribution < -0.4 is 35.0 Å². The summed E-state index contributed by atoms with van der Waals surface area (Å²) in [6.07, 6.45) is 3.85. The van der Waals surface area contributed by atoms with Crippen LogP contribution in [-0.4, -0.2) is 17.6 Å². The molecular weight excluding hydrogens is 737 g/mol. The molecule has 5 nitrogen and oxygen atoms in total. The first-order chi connectivity index (χ1) is 29.2. The number of hydrogen-bond acceptors (Lipinski definition) is 3. The van der Waals surface area contributed by atoms with Crippen molar-refractivity contribution in [1.82, 2.24) is 9.55 Å². The molecule has 11 rings (SSSR count). The van der Waals surface area contributed by atoms with E-state index in [-0.39, 0.29) is 0 Å². The second kappa shape index (κ2) is 14.1. The van der Waals surface area contributed by atoms with Crippen LogP contribution in [0.4, 0.5) is 17.1 Å². The van der Waals surface area contributed by atoms with Crippen molar-refractivity contribution < 1.29 is 9.30 Å². The first kappa shape index (κ1) is 34.6. The minimum absolute atomic E-state index is 0.731. The Bertz CT molecular complexity index is 3110. The zero-order valence-corrected chi connectivity index (χ0v) is 33.2. The third-order valence-electron chi connectivity index (χ3n) is 11.6. The van der Waals surface area contributed by atoms with Crippen LogP contribution >= 0.6 is 0 Å². The normalized spacial score (nSPS) is 12.9. The number of aromatic nitrogens is 3. The van der Waals surface area contributed by atoms with E-state index in [4.69, 9.17) is 4.74 Å². The first-order valence-electron chi connectivity index (χ1n) is 19.9. The fourth-order valence-electron chi connectivity index (χ4n) is 9.25. The van der Waals surface area contributed by atoms with E-state index in [9.17, 15) is 0 Å². The van der Waals surface area contributed by atoms with E-state index in [1.807, 2.05) is 59.4 Å². The van der Waals surface area contributed by atoms with Crippen LogP contribution in [0.3, 0.4) is 0 Å². The minimum Gasteiger partial charge on any atom is -0.457 e. The van der Waals surface area contributed by atoms with Gasteiger partial charge < -0.3 is 14.2 Å². The average molecular weight is 775 g/mol. The summed E-state index contributed by atoms with van der Waals surface area (Å²) in [7, 11) is 1.60. The summed E-state index contributed by atoms with van der Waals surface area (Å²) in [5, 5.41) is 7.62. The van der Waals surface area contributed by atoms with E-state index in [0.717, 1.165) is 61.8 Å². The predicted molar refractivity (Wildman–Crippen MR) is 243 cm³/mol. The standard InChI is InChI=1S/C53H38N4OSi/c1-55-35-17-28-46-45-32-33-50-52(51(45)57(53(46)55)40-21-16-23-42(37-40)58-41-22-15-18-38(36-41)47-29-13-14-34-54-47)56(39-19-5-2-6-20-39)48-30-11-12-31-49(48)59(50,43-24-7-3-8-25-43)44-26-9-4-10-27-44/h2-37H,1H2. The lowest BCUT2D eigenvalue weighted by molar-refractivity contribution is -0.586. The Kier molecular flexibility index (Phi) is 8.24. The zero-order chi connectivity index (χ0) is 39.3. The molecule has 0 aliphatic carbocycles. The summed E-state index contributed by atoms with van der Waals surface area (Å²) < 4.78 is 11.1. The lowest BCUT2D eigenvalue weighted by Crippen LogP contribution is -2.77. The molecule has 7 aromatic carbocycles. The molecule has 0 unspecified atom stereocenters. The molecular formula is C53H38N4OSi. The van der Waals surface area contributed by atoms with Crippen molar-refractivity contribution in [3.05, 3.63) is 226 Å². The van der Waals surface area contributed by atoms with Gasteiger partial charge in [0.1, 0.15) is 17.2 Å². The molecule has 0 saturated carbocycles. The van der Waals surface area contributed by atoms with E-state index in [0.29, 0.717) is 0 Å². The number of fused-ring (bicyclic) bond motifs is 6. The van der Waals surface area contributed by atoms with E-state index >= 15 is 0 Å². The van der Waals surface area contributed by atoms with Gasteiger partial charge in [-0.2, -0.15) is 0 Å². The molecule has 280 valence electrons. The lowest BCUT2D eigenvalue weighted by atomic mass is 10.1. The average Bonchev–Trinajstić information content (AvgIpc) is 3.65. The largest absolute Gasteiger partial charge is 0.457 e. The number of nitrogens with zero attached hydrogens (tertiary/aromatic N) is 4. The van der Waals surface area contributed by atoms with Gasteiger partial charge in [-0.3, -0.25) is 4.98 Å². The van der Waals surface area contributed by atoms with Crippen LogP contribution in [0.25, 0.3) is 38.9 Å². The monoisotopic (exact) mass is 774 g/mol. The molecule has 0 spiro atoms. The summed E-state index contributed by atoms with van der Waals surface area (Å²) in [6.45, 7) is 0. The summed E-state index contributed by atoms with van der Waals surface area (Å²) in [5.74, 6) is 1.47. The van der Waals surface area contributed by atoms with Gasteiger partial charge in [0.25, 0.3) is 0 Å². The quantitative estimate of drug-likeness (QED) is 0.0920. The minimum atomic E-state index is -2.96. The second-order valence-electron chi connectivity index (χ2n) is 14.9. The highest BCUT2D eigenvalue weighted by Crippen LogP contribution is 2.45. The third-order valence-corrected chi connectivity index (χ3v) is 16.5. The topological polar surface area (TPSA) is 34.2 Å². The summed E-state index contributed by atoms with van der Waals surface area (Å²) in [4.78, 5) is 7.07. The van der Waals surface area contributed by atoms with Crippen LogP contribution in [0.2, 0.25) is 0 Å². The number of benzene rings is 7. The predicted octanol–water partition coefficient (Wildman–Crippen LogP) is 9.73. The Labute approximate surface area is 344 Å². The van der Waals surface area contributed by atoms with Crippen LogP contribution in [0.15, 0.2) is 219 Å². The molecule has 6 heteroatoms. The molecule has 0 N–H and O–H groups in total. The number of ether oxygens (including phenoxy) is 1. The van der Waals surface area contributed by atoms with Crippen molar-refractivity contribution >= 4 is 67.8 Å². The highest BCUT2D eigenvalue weighted by Gasteiger charge is 2.50. The number of rotatable bonds is 7. The maximum Gasteiger partial charge on any atom is 0.192 e. The molecule has 59 heavy (non-hydrogen) atoms. The fourth-order valence-corrected chi connectivity index (χ4v) is 14.3. The van der Waals surface area contributed by atoms with Gasteiger partial charge in [0.15, 0.2) is 19.2 Å². The van der Waals surface area contributed by atoms with Crippen molar-refractivity contribution in [2.24, 2.45) is 0 Å². The molecule has 0 radical (unpaired) electrons. The Balaban J connectivity index is 1.23. The maximum atomic E-state index is 6.66. The summed E-state index contributed by atoms with van der Waals surface area (Å²) >= 11 is 0. The second-order valence-corrected chi connectivity index (χ2v) is 18.7. The van der Waals surface area contributed by atoms with Gasteiger partial charge in [0, 0.05) is 40.0 Å². The van der Waals surface area contributed by atoms with Gasteiger partial charge in [0.05, 0.1) is 11.4 Å². The van der Waals surface area contributed by atoms with Crippen molar-refractivity contribution in [3.63, 3.8) is 0 Å². The Morgan fingerprint density at radius 1 is 0.525 bits per heavy atom. The molecule has 4 heterocycles. The molecule has 0 amide bonds. The molecule has 1 aliphatic heterocycles. The van der Waals surface area contributed by atoms with Crippen LogP contribution in [0, 0.1) is 7.05 Å². The third kappa shape index (κ3) is 5.49. The highest BCUT2D eigenvalue weighted by molar-refractivity contribution is 7.21. The summed E-state index contributed by atoms with van der Waals surface area (Å²) in [6, 6.07) is 73.8. The Morgan fingerprint density at radius 3 is 1.93 bits per heavy atom. The molecule has 0 saturated heterocycles. The molecule has 3 aromatic heterocycles. The van der Waals surface area contributed by atoms with E-state index in [1.165, 1.54) is 26.4 Å². The molecule has 0 atom stereocenters. The number of para-hydroxylation sites is 2. The highest BCUT2D eigenvalue weighted by atomic mass is 28.3. The number of anilines is 3.